The van der Waals surface area contributed by atoms with E-state index in [-0.39, 0.29) is 66.3 Å². The molecule has 3 fully saturated rings. The highest BCUT2D eigenvalue weighted by molar-refractivity contribution is 5.69. The zero-order chi connectivity index (χ0) is 39.8. The molecule has 0 aromatic heterocycles. The van der Waals surface area contributed by atoms with Crippen LogP contribution >= 0.6 is 0 Å². The molecule has 4 rings (SSSR count). The maximum absolute atomic E-state index is 12.7. The van der Waals surface area contributed by atoms with Gasteiger partial charge in [-0.05, 0) is 5.56 Å². The van der Waals surface area contributed by atoms with Crippen LogP contribution in [0.5, 0.6) is 0 Å². The molecule has 4 bridgehead atoms. The van der Waals surface area contributed by atoms with Gasteiger partial charge < -0.3 is 66.3 Å². The molecule has 0 N–H and O–H groups in total. The summed E-state index contributed by atoms with van der Waals surface area (Å²) in [7, 11) is 0. The lowest BCUT2D eigenvalue weighted by Crippen LogP contribution is -2.65. The normalized spacial score (nSPS) is 30.7. The van der Waals surface area contributed by atoms with Crippen LogP contribution in [0, 0.1) is 0 Å². The Labute approximate surface area is 318 Å². The van der Waals surface area contributed by atoms with Gasteiger partial charge in [0.2, 0.25) is 12.1 Å². The molecule has 3 aliphatic rings. The summed E-state index contributed by atoms with van der Waals surface area (Å²) in [6.07, 6.45) is -11.6. The molecular formula is C36H50O19. The van der Waals surface area contributed by atoms with Crippen LogP contribution in [0.15, 0.2) is 30.3 Å². The fraction of sp³-hybridized carbons (Fsp3) is 0.694. The Bertz CT molecular complexity index is 1390. The van der Waals surface area contributed by atoms with E-state index in [1.54, 1.807) is 0 Å². The summed E-state index contributed by atoms with van der Waals surface area (Å²) in [5, 5.41) is 0. The van der Waals surface area contributed by atoms with Crippen molar-refractivity contribution in [1.29, 1.82) is 0 Å². The van der Waals surface area contributed by atoms with E-state index in [4.69, 9.17) is 66.3 Å². The van der Waals surface area contributed by atoms with E-state index in [0.717, 1.165) is 40.2 Å². The molecule has 0 aliphatic carbocycles. The topological polar surface area (TPSA) is 215 Å². The van der Waals surface area contributed by atoms with Crippen molar-refractivity contribution in [3.63, 3.8) is 0 Å². The monoisotopic (exact) mass is 786 g/mol. The summed E-state index contributed by atoms with van der Waals surface area (Å²) >= 11 is 0. The van der Waals surface area contributed by atoms with Gasteiger partial charge in [-0.15, -0.1) is 0 Å². The minimum atomic E-state index is -2.22. The molecule has 3 heterocycles. The molecular weight excluding hydrogens is 736 g/mol. The van der Waals surface area contributed by atoms with Gasteiger partial charge in [0.1, 0.15) is 25.6 Å². The third-order valence-electron chi connectivity index (χ3n) is 8.12. The van der Waals surface area contributed by atoms with Gasteiger partial charge in [-0.1, -0.05) is 30.3 Å². The summed E-state index contributed by atoms with van der Waals surface area (Å²) in [5.74, 6) is -6.23. The van der Waals surface area contributed by atoms with Gasteiger partial charge in [0.25, 0.3) is 0 Å². The first-order chi connectivity index (χ1) is 26.4. The maximum atomic E-state index is 12.7. The van der Waals surface area contributed by atoms with Crippen molar-refractivity contribution in [2.24, 2.45) is 0 Å². The van der Waals surface area contributed by atoms with Crippen molar-refractivity contribution in [3.05, 3.63) is 35.9 Å². The van der Waals surface area contributed by atoms with Crippen LogP contribution in [0.2, 0.25) is 0 Å². The Balaban J connectivity index is 1.78. The van der Waals surface area contributed by atoms with Crippen molar-refractivity contribution in [1.82, 2.24) is 0 Å². The number of hydrogen-bond donors (Lipinski definition) is 0. The van der Waals surface area contributed by atoms with Gasteiger partial charge >= 0.3 is 29.8 Å². The first kappa shape index (κ1) is 43.9. The zero-order valence-electron chi connectivity index (χ0n) is 31.5. The number of esters is 5. The van der Waals surface area contributed by atoms with E-state index in [1.165, 1.54) is 0 Å². The fourth-order valence-corrected chi connectivity index (χ4v) is 6.09. The highest BCUT2D eigenvalue weighted by atomic mass is 16.8. The van der Waals surface area contributed by atoms with Crippen molar-refractivity contribution >= 4 is 29.8 Å². The van der Waals surface area contributed by atoms with E-state index < -0.39 is 91.3 Å². The molecule has 0 saturated carbocycles. The minimum absolute atomic E-state index is 0.0665. The Kier molecular flexibility index (Phi) is 17.6. The first-order valence-corrected chi connectivity index (χ1v) is 17.8. The predicted molar refractivity (Wildman–Crippen MR) is 180 cm³/mol. The molecule has 19 nitrogen and oxygen atoms in total. The van der Waals surface area contributed by atoms with Gasteiger partial charge in [-0.3, -0.25) is 24.0 Å². The summed E-state index contributed by atoms with van der Waals surface area (Å²) in [6, 6.07) is 9.27. The maximum Gasteiger partial charge on any atom is 0.303 e. The van der Waals surface area contributed by atoms with Crippen LogP contribution in [0.1, 0.15) is 40.2 Å². The molecule has 0 unspecified atom stereocenters. The molecule has 308 valence electrons. The third-order valence-corrected chi connectivity index (χ3v) is 8.12. The second kappa shape index (κ2) is 22.1. The zero-order valence-corrected chi connectivity index (χ0v) is 31.5. The molecule has 55 heavy (non-hydrogen) atoms. The summed E-state index contributed by atoms with van der Waals surface area (Å²) < 4.78 is 82.0. The van der Waals surface area contributed by atoms with Crippen LogP contribution in [0.4, 0.5) is 0 Å². The molecule has 1 aromatic rings. The van der Waals surface area contributed by atoms with E-state index in [2.05, 4.69) is 0 Å². The van der Waals surface area contributed by atoms with Gasteiger partial charge in [-0.2, -0.15) is 0 Å². The van der Waals surface area contributed by atoms with Crippen molar-refractivity contribution in [2.45, 2.75) is 96.0 Å². The molecule has 0 spiro atoms. The van der Waals surface area contributed by atoms with Crippen LogP contribution in [-0.4, -0.2) is 151 Å². The molecule has 1 aromatic carbocycles. The molecule has 0 amide bonds. The lowest BCUT2D eigenvalue weighted by molar-refractivity contribution is -0.388. The number of ether oxygens (including phenoxy) is 14. The Morgan fingerprint density at radius 3 is 1.67 bits per heavy atom. The van der Waals surface area contributed by atoms with Gasteiger partial charge in [0.05, 0.1) is 59.5 Å². The Hall–Kier alpha value is -3.79. The lowest BCUT2D eigenvalue weighted by atomic mass is 9.97. The quantitative estimate of drug-likeness (QED) is 0.131. The average Bonchev–Trinajstić information content (AvgIpc) is 3.37. The smallest absolute Gasteiger partial charge is 0.303 e. The number of carbonyl (C=O) groups excluding carboxylic acids is 5. The van der Waals surface area contributed by atoms with Gasteiger partial charge in [-0.25, -0.2) is 0 Å². The van der Waals surface area contributed by atoms with Crippen molar-refractivity contribution in [2.75, 3.05) is 66.3 Å². The van der Waals surface area contributed by atoms with E-state index in [0.29, 0.717) is 0 Å². The number of carbonyl (C=O) groups is 5. The number of fused-ring (bicyclic) bond motifs is 4. The Morgan fingerprint density at radius 1 is 0.582 bits per heavy atom. The van der Waals surface area contributed by atoms with Crippen LogP contribution in [0.25, 0.3) is 0 Å². The van der Waals surface area contributed by atoms with Gasteiger partial charge in [0, 0.05) is 34.6 Å². The number of rotatable bonds is 11. The van der Waals surface area contributed by atoms with E-state index in [9.17, 15) is 24.0 Å². The molecule has 3 saturated heterocycles. The molecule has 19 heteroatoms. The highest BCUT2D eigenvalue weighted by Gasteiger charge is 2.64. The molecule has 0 radical (unpaired) electrons. The fourth-order valence-electron chi connectivity index (χ4n) is 6.09. The van der Waals surface area contributed by atoms with Gasteiger partial charge in [0.15, 0.2) is 30.5 Å². The van der Waals surface area contributed by atoms with Crippen LogP contribution in [-0.2, 0) is 96.9 Å². The number of hydrogen-bond acceptors (Lipinski definition) is 19. The summed E-state index contributed by atoms with van der Waals surface area (Å²) in [6.45, 7) is 5.42. The minimum Gasteiger partial charge on any atom is -0.456 e. The van der Waals surface area contributed by atoms with Crippen LogP contribution < -0.4 is 0 Å². The molecule has 9 atom stereocenters. The summed E-state index contributed by atoms with van der Waals surface area (Å²) in [5.41, 5.74) is 0.858. The molecule has 3 aliphatic heterocycles. The second-order valence-corrected chi connectivity index (χ2v) is 12.6. The second-order valence-electron chi connectivity index (χ2n) is 12.6. The summed E-state index contributed by atoms with van der Waals surface area (Å²) in [4.78, 5) is 62.6. The third kappa shape index (κ3) is 13.7. The largest absolute Gasteiger partial charge is 0.456 e. The first-order valence-electron chi connectivity index (χ1n) is 17.8. The van der Waals surface area contributed by atoms with Crippen molar-refractivity contribution < 1.29 is 90.3 Å². The van der Waals surface area contributed by atoms with Crippen molar-refractivity contribution in [3.8, 4) is 0 Å². The Morgan fingerprint density at radius 2 is 1.09 bits per heavy atom. The number of benzene rings is 1. The highest BCUT2D eigenvalue weighted by Crippen LogP contribution is 2.41. The predicted octanol–water partition coefficient (Wildman–Crippen LogP) is 0.752. The van der Waals surface area contributed by atoms with Crippen LogP contribution in [0.3, 0.4) is 0 Å². The average molecular weight is 787 g/mol. The SMILES string of the molecule is CC(=O)O[C@H]1[C@@H](OC(C)=O)[C@H]2COCCOCCOCCOC[C@H]3O[C@@](COCOCc4ccccc4)(O[C@@H](O2)[C@@H]1OC(C)=O)[C@@H](OC(C)=O)[C@@H]3OC(C)=O. The van der Waals surface area contributed by atoms with E-state index >= 15 is 0 Å². The lowest BCUT2D eigenvalue weighted by Gasteiger charge is -2.46. The standard InChI is InChI=1S/C36H50O19/c1-22(37)48-30-28-18-44-15-13-42-11-12-43-14-16-45-19-29-31(49-23(2)38)34(52-26(5)41)36(54-29,20-47-21-46-17-27-9-7-6-8-10-27)55-35(53-28)33(51-25(4)40)32(30)50-24(3)39/h6-10,28-35H,11-21H2,1-5H3/t28-,29-,30+,31-,32+,33-,34+,35-,36+/m1/s1. The van der Waals surface area contributed by atoms with E-state index in [1.807, 2.05) is 30.3 Å².